The van der Waals surface area contributed by atoms with E-state index in [0.29, 0.717) is 6.61 Å². The second-order valence-corrected chi connectivity index (χ2v) is 3.75. The van der Waals surface area contributed by atoms with Crippen molar-refractivity contribution in [1.29, 1.82) is 0 Å². The van der Waals surface area contributed by atoms with Crippen LogP contribution in [0, 0.1) is 4.51 Å². The maximum atomic E-state index is 5.40. The summed E-state index contributed by atoms with van der Waals surface area (Å²) < 4.78 is 6.20. The monoisotopic (exact) mass is 232 g/mol. The highest BCUT2D eigenvalue weighted by atomic mass is 32.1. The van der Waals surface area contributed by atoms with Gasteiger partial charge >= 0.3 is 0 Å². The van der Waals surface area contributed by atoms with Crippen LogP contribution in [0.2, 0.25) is 0 Å². The summed E-state index contributed by atoms with van der Waals surface area (Å²) in [5.41, 5.74) is 1.92. The van der Waals surface area contributed by atoms with Gasteiger partial charge in [0.15, 0.2) is 0 Å². The van der Waals surface area contributed by atoms with Gasteiger partial charge in [0, 0.05) is 28.2 Å². The van der Waals surface area contributed by atoms with E-state index in [1.54, 1.807) is 12.4 Å². The molecule has 0 bridgehead atoms. The molecule has 0 amide bonds. The van der Waals surface area contributed by atoms with Crippen LogP contribution in [0.5, 0.6) is 5.75 Å². The number of aromatic nitrogens is 2. The summed E-state index contributed by atoms with van der Waals surface area (Å²) in [7, 11) is 0. The molecule has 0 saturated heterocycles. The largest absolute Gasteiger partial charge is 0.492 e. The molecule has 2 heterocycles. The van der Waals surface area contributed by atoms with Crippen LogP contribution < -0.4 is 4.74 Å². The number of hydrogen-bond acceptors (Lipinski definition) is 3. The molecule has 0 saturated carbocycles. The minimum atomic E-state index is 0.635. The minimum absolute atomic E-state index is 0.635. The molecule has 0 aliphatic heterocycles. The molecule has 1 N–H and O–H groups in total. The molecular formula is C12H12N2OS. The van der Waals surface area contributed by atoms with Crippen LogP contribution in [-0.2, 0) is 0 Å². The van der Waals surface area contributed by atoms with Gasteiger partial charge in [-0.2, -0.15) is 0 Å². The molecule has 2 aromatic rings. The van der Waals surface area contributed by atoms with Crippen LogP contribution in [0.1, 0.15) is 6.92 Å². The molecule has 0 fully saturated rings. The van der Waals surface area contributed by atoms with E-state index in [1.165, 1.54) is 0 Å². The first kappa shape index (κ1) is 10.8. The number of hydrogen-bond donors (Lipinski definition) is 1. The Morgan fingerprint density at radius 2 is 2.25 bits per heavy atom. The summed E-state index contributed by atoms with van der Waals surface area (Å²) in [6.45, 7) is 2.58. The minimum Gasteiger partial charge on any atom is -0.492 e. The highest BCUT2D eigenvalue weighted by Gasteiger charge is 2.00. The first-order valence-electron chi connectivity index (χ1n) is 5.06. The van der Waals surface area contributed by atoms with Crippen molar-refractivity contribution in [2.24, 2.45) is 0 Å². The van der Waals surface area contributed by atoms with Crippen LogP contribution in [0.3, 0.4) is 0 Å². The van der Waals surface area contributed by atoms with Crippen LogP contribution in [0.15, 0.2) is 36.8 Å². The molecule has 0 atom stereocenters. The van der Waals surface area contributed by atoms with E-state index in [0.717, 1.165) is 21.5 Å². The summed E-state index contributed by atoms with van der Waals surface area (Å²) >= 11 is 5.11. The highest BCUT2D eigenvalue weighted by molar-refractivity contribution is 7.71. The van der Waals surface area contributed by atoms with E-state index in [4.69, 9.17) is 17.0 Å². The van der Waals surface area contributed by atoms with Crippen LogP contribution in [0.25, 0.3) is 11.3 Å². The fourth-order valence-electron chi connectivity index (χ4n) is 1.42. The van der Waals surface area contributed by atoms with Crippen molar-refractivity contribution in [1.82, 2.24) is 9.97 Å². The number of aromatic amines is 1. The predicted octanol–water partition coefficient (Wildman–Crippen LogP) is 3.20. The van der Waals surface area contributed by atoms with E-state index in [1.807, 2.05) is 31.3 Å². The lowest BCUT2D eigenvalue weighted by molar-refractivity contribution is 0.339. The zero-order chi connectivity index (χ0) is 11.4. The van der Waals surface area contributed by atoms with Crippen molar-refractivity contribution in [2.75, 3.05) is 6.61 Å². The maximum absolute atomic E-state index is 5.40. The van der Waals surface area contributed by atoms with Gasteiger partial charge in [0.25, 0.3) is 0 Å². The van der Waals surface area contributed by atoms with Gasteiger partial charge in [-0.3, -0.25) is 4.98 Å². The number of ether oxygens (including phenoxy) is 1. The topological polar surface area (TPSA) is 37.9 Å². The van der Waals surface area contributed by atoms with Crippen molar-refractivity contribution >= 4 is 12.2 Å². The molecular weight excluding hydrogens is 220 g/mol. The molecule has 0 radical (unpaired) electrons. The lowest BCUT2D eigenvalue weighted by Gasteiger charge is -2.05. The smallest absolute Gasteiger partial charge is 0.138 e. The third-order valence-electron chi connectivity index (χ3n) is 2.11. The van der Waals surface area contributed by atoms with Crippen molar-refractivity contribution in [3.63, 3.8) is 0 Å². The lowest BCUT2D eigenvalue weighted by Crippen LogP contribution is -1.93. The van der Waals surface area contributed by atoms with E-state index >= 15 is 0 Å². The number of nitrogens with one attached hydrogen (secondary N) is 1. The molecule has 16 heavy (non-hydrogen) atoms. The Morgan fingerprint density at radius 3 is 3.00 bits per heavy atom. The molecule has 3 nitrogen and oxygen atoms in total. The first-order valence-corrected chi connectivity index (χ1v) is 5.47. The molecule has 0 aromatic carbocycles. The van der Waals surface area contributed by atoms with Crippen LogP contribution in [0.4, 0.5) is 0 Å². The molecule has 82 valence electrons. The Hall–Kier alpha value is -1.68. The Labute approximate surface area is 99.1 Å². The summed E-state index contributed by atoms with van der Waals surface area (Å²) in [6.07, 6.45) is 5.30. The van der Waals surface area contributed by atoms with Crippen LogP contribution >= 0.6 is 12.2 Å². The Bertz CT molecular complexity index is 536. The van der Waals surface area contributed by atoms with Crippen molar-refractivity contribution < 1.29 is 4.74 Å². The molecule has 0 unspecified atom stereocenters. The Balaban J connectivity index is 2.40. The average molecular weight is 232 g/mol. The zero-order valence-corrected chi connectivity index (χ0v) is 9.75. The fraction of sp³-hybridized carbons (Fsp3) is 0.167. The van der Waals surface area contributed by atoms with Crippen molar-refractivity contribution in [3.8, 4) is 17.0 Å². The average Bonchev–Trinajstić information content (AvgIpc) is 2.30. The van der Waals surface area contributed by atoms with E-state index < -0.39 is 0 Å². The maximum Gasteiger partial charge on any atom is 0.138 e. The second-order valence-electron chi connectivity index (χ2n) is 3.28. The standard InChI is InChI=1S/C12H12N2OS/c1-2-15-10-5-9(7-13-8-10)12-6-11(16)3-4-14-12/h3-8H,2H2,1H3,(H,14,16). The quantitative estimate of drug-likeness (QED) is 0.826. The number of rotatable bonds is 3. The van der Waals surface area contributed by atoms with Crippen molar-refractivity contribution in [3.05, 3.63) is 41.3 Å². The van der Waals surface area contributed by atoms with E-state index in [-0.39, 0.29) is 0 Å². The summed E-state index contributed by atoms with van der Waals surface area (Å²) in [5, 5.41) is 0. The predicted molar refractivity (Wildman–Crippen MR) is 66.0 cm³/mol. The van der Waals surface area contributed by atoms with Gasteiger partial charge in [-0.1, -0.05) is 12.2 Å². The molecule has 0 spiro atoms. The molecule has 4 heteroatoms. The Kier molecular flexibility index (Phi) is 3.31. The molecule has 2 aromatic heterocycles. The number of pyridine rings is 2. The van der Waals surface area contributed by atoms with E-state index in [9.17, 15) is 0 Å². The van der Waals surface area contributed by atoms with Gasteiger partial charge in [-0.05, 0) is 25.1 Å². The number of H-pyrrole nitrogens is 1. The van der Waals surface area contributed by atoms with Gasteiger partial charge in [0.1, 0.15) is 5.75 Å². The van der Waals surface area contributed by atoms with Gasteiger partial charge in [-0.15, -0.1) is 0 Å². The molecule has 2 rings (SSSR count). The normalized spacial score (nSPS) is 10.1. The molecule has 0 aliphatic carbocycles. The first-order chi connectivity index (χ1) is 7.79. The number of nitrogens with zero attached hydrogens (tertiary/aromatic N) is 1. The zero-order valence-electron chi connectivity index (χ0n) is 8.93. The lowest BCUT2D eigenvalue weighted by atomic mass is 10.2. The molecule has 0 aliphatic rings. The van der Waals surface area contributed by atoms with Gasteiger partial charge in [-0.25, -0.2) is 0 Å². The van der Waals surface area contributed by atoms with Crippen LogP contribution in [-0.4, -0.2) is 16.6 Å². The highest BCUT2D eigenvalue weighted by Crippen LogP contribution is 2.20. The second kappa shape index (κ2) is 4.90. The Morgan fingerprint density at radius 1 is 1.38 bits per heavy atom. The van der Waals surface area contributed by atoms with Crippen molar-refractivity contribution in [2.45, 2.75) is 6.92 Å². The third kappa shape index (κ3) is 2.46. The summed E-state index contributed by atoms with van der Waals surface area (Å²) in [5.74, 6) is 0.767. The SMILES string of the molecule is CCOc1cncc(-c2cc(=S)cc[nH]2)c1. The third-order valence-corrected chi connectivity index (χ3v) is 2.36. The van der Waals surface area contributed by atoms with E-state index in [2.05, 4.69) is 9.97 Å². The summed E-state index contributed by atoms with van der Waals surface area (Å²) in [4.78, 5) is 7.26. The van der Waals surface area contributed by atoms with Gasteiger partial charge in [0.05, 0.1) is 12.8 Å². The van der Waals surface area contributed by atoms with Gasteiger partial charge < -0.3 is 9.72 Å². The summed E-state index contributed by atoms with van der Waals surface area (Å²) in [6, 6.07) is 5.69. The van der Waals surface area contributed by atoms with Gasteiger partial charge in [0.2, 0.25) is 0 Å². The fourth-order valence-corrected chi connectivity index (χ4v) is 1.61.